The molecule has 27 heavy (non-hydrogen) atoms. The summed E-state index contributed by atoms with van der Waals surface area (Å²) >= 11 is 5.89. The molecule has 4 aromatic rings. The summed E-state index contributed by atoms with van der Waals surface area (Å²) in [5.41, 5.74) is 3.04. The highest BCUT2D eigenvalue weighted by molar-refractivity contribution is 6.30. The standard InChI is InChI=1S/C21H15ClN2O3/c22-15-4-3-5-17(12-15)26-13-20(25)23-16-10-8-14(9-11-16)21-24-18-6-1-2-7-19(18)27-21/h1-12H,13H2,(H,23,25). The van der Waals surface area contributed by atoms with Crippen molar-refractivity contribution in [2.24, 2.45) is 0 Å². The minimum absolute atomic E-state index is 0.104. The maximum absolute atomic E-state index is 12.0. The van der Waals surface area contributed by atoms with Crippen LogP contribution in [0.1, 0.15) is 0 Å². The molecule has 0 aliphatic rings. The van der Waals surface area contributed by atoms with Crippen molar-refractivity contribution in [2.75, 3.05) is 11.9 Å². The number of amides is 1. The lowest BCUT2D eigenvalue weighted by Gasteiger charge is -2.08. The maximum Gasteiger partial charge on any atom is 0.262 e. The number of fused-ring (bicyclic) bond motifs is 1. The predicted molar refractivity (Wildman–Crippen MR) is 105 cm³/mol. The van der Waals surface area contributed by atoms with Gasteiger partial charge >= 0.3 is 0 Å². The Hall–Kier alpha value is -3.31. The molecule has 4 rings (SSSR count). The van der Waals surface area contributed by atoms with Crippen LogP contribution in [0.5, 0.6) is 5.75 Å². The molecule has 0 unspecified atom stereocenters. The molecule has 0 saturated heterocycles. The van der Waals surface area contributed by atoms with Crippen molar-refractivity contribution in [2.45, 2.75) is 0 Å². The minimum atomic E-state index is -0.260. The SMILES string of the molecule is O=C(COc1cccc(Cl)c1)Nc1ccc(-c2nc3ccccc3o2)cc1. The van der Waals surface area contributed by atoms with E-state index in [9.17, 15) is 4.79 Å². The van der Waals surface area contributed by atoms with Gasteiger partial charge in [0, 0.05) is 16.3 Å². The number of para-hydroxylation sites is 2. The molecule has 0 bridgehead atoms. The van der Waals surface area contributed by atoms with Gasteiger partial charge in [0.05, 0.1) is 0 Å². The van der Waals surface area contributed by atoms with Crippen molar-refractivity contribution < 1.29 is 13.9 Å². The highest BCUT2D eigenvalue weighted by Crippen LogP contribution is 2.25. The first-order chi connectivity index (χ1) is 13.2. The van der Waals surface area contributed by atoms with E-state index < -0.39 is 0 Å². The first kappa shape index (κ1) is 17.1. The lowest BCUT2D eigenvalue weighted by Crippen LogP contribution is -2.20. The fourth-order valence-corrected chi connectivity index (χ4v) is 2.77. The maximum atomic E-state index is 12.0. The van der Waals surface area contributed by atoms with E-state index in [0.29, 0.717) is 22.4 Å². The van der Waals surface area contributed by atoms with Crippen LogP contribution in [0.15, 0.2) is 77.2 Å². The highest BCUT2D eigenvalue weighted by atomic mass is 35.5. The van der Waals surface area contributed by atoms with Gasteiger partial charge in [-0.2, -0.15) is 0 Å². The summed E-state index contributed by atoms with van der Waals surface area (Å²) in [5.74, 6) is 0.826. The molecule has 1 heterocycles. The van der Waals surface area contributed by atoms with Gasteiger partial charge in [-0.05, 0) is 54.6 Å². The molecule has 1 aromatic heterocycles. The molecule has 3 aromatic carbocycles. The van der Waals surface area contributed by atoms with E-state index in [4.69, 9.17) is 20.8 Å². The molecule has 6 heteroatoms. The second kappa shape index (κ2) is 7.51. The smallest absolute Gasteiger partial charge is 0.262 e. The molecule has 134 valence electrons. The van der Waals surface area contributed by atoms with Gasteiger partial charge in [0.25, 0.3) is 5.91 Å². The Morgan fingerprint density at radius 2 is 1.85 bits per heavy atom. The fourth-order valence-electron chi connectivity index (χ4n) is 2.59. The molecule has 1 N–H and O–H groups in total. The van der Waals surface area contributed by atoms with E-state index in [1.165, 1.54) is 0 Å². The Labute approximate surface area is 160 Å². The minimum Gasteiger partial charge on any atom is -0.484 e. The lowest BCUT2D eigenvalue weighted by molar-refractivity contribution is -0.118. The Bertz CT molecular complexity index is 1060. The summed E-state index contributed by atoms with van der Waals surface area (Å²) in [6, 6.07) is 21.8. The summed E-state index contributed by atoms with van der Waals surface area (Å²) < 4.78 is 11.2. The molecule has 0 spiro atoms. The van der Waals surface area contributed by atoms with Gasteiger partial charge in [-0.1, -0.05) is 29.8 Å². The number of hydrogen-bond donors (Lipinski definition) is 1. The quantitative estimate of drug-likeness (QED) is 0.520. The van der Waals surface area contributed by atoms with Gasteiger partial charge in [-0.3, -0.25) is 4.79 Å². The van der Waals surface area contributed by atoms with Crippen molar-refractivity contribution in [3.05, 3.63) is 77.8 Å². The molecule has 0 atom stereocenters. The molecule has 0 aliphatic carbocycles. The van der Waals surface area contributed by atoms with Gasteiger partial charge in [0.1, 0.15) is 11.3 Å². The summed E-state index contributed by atoms with van der Waals surface area (Å²) in [6.45, 7) is -0.104. The van der Waals surface area contributed by atoms with Crippen LogP contribution in [0.3, 0.4) is 0 Å². The lowest BCUT2D eigenvalue weighted by atomic mass is 10.2. The second-order valence-electron chi connectivity index (χ2n) is 5.86. The van der Waals surface area contributed by atoms with E-state index in [1.807, 2.05) is 36.4 Å². The van der Waals surface area contributed by atoms with Crippen LogP contribution in [-0.4, -0.2) is 17.5 Å². The van der Waals surface area contributed by atoms with Gasteiger partial charge in [-0.15, -0.1) is 0 Å². The van der Waals surface area contributed by atoms with Crippen LogP contribution >= 0.6 is 11.6 Å². The van der Waals surface area contributed by atoms with Crippen LogP contribution in [-0.2, 0) is 4.79 Å². The van der Waals surface area contributed by atoms with E-state index >= 15 is 0 Å². The van der Waals surface area contributed by atoms with E-state index in [0.717, 1.165) is 16.7 Å². The molecule has 0 fully saturated rings. The van der Waals surface area contributed by atoms with Crippen molar-refractivity contribution in [1.29, 1.82) is 0 Å². The van der Waals surface area contributed by atoms with Gasteiger partial charge in [0.2, 0.25) is 5.89 Å². The third-order valence-electron chi connectivity index (χ3n) is 3.88. The Kier molecular flexibility index (Phi) is 4.77. The van der Waals surface area contributed by atoms with Crippen LogP contribution in [0.2, 0.25) is 5.02 Å². The fraction of sp³-hybridized carbons (Fsp3) is 0.0476. The monoisotopic (exact) mass is 378 g/mol. The highest BCUT2D eigenvalue weighted by Gasteiger charge is 2.09. The van der Waals surface area contributed by atoms with E-state index in [-0.39, 0.29) is 12.5 Å². The Morgan fingerprint density at radius 3 is 2.63 bits per heavy atom. The first-order valence-electron chi connectivity index (χ1n) is 8.32. The zero-order chi connectivity index (χ0) is 18.6. The first-order valence-corrected chi connectivity index (χ1v) is 8.69. The van der Waals surface area contributed by atoms with Gasteiger partial charge in [0.15, 0.2) is 12.2 Å². The number of ether oxygens (including phenoxy) is 1. The average molecular weight is 379 g/mol. The van der Waals surface area contributed by atoms with Crippen LogP contribution in [0.4, 0.5) is 5.69 Å². The van der Waals surface area contributed by atoms with E-state index in [1.54, 1.807) is 36.4 Å². The third-order valence-corrected chi connectivity index (χ3v) is 4.11. The Morgan fingerprint density at radius 1 is 1.04 bits per heavy atom. The summed E-state index contributed by atoms with van der Waals surface area (Å²) in [4.78, 5) is 16.5. The van der Waals surface area contributed by atoms with Gasteiger partial charge < -0.3 is 14.5 Å². The number of nitrogens with one attached hydrogen (secondary N) is 1. The number of nitrogens with zero attached hydrogens (tertiary/aromatic N) is 1. The third kappa shape index (κ3) is 4.10. The molecule has 5 nitrogen and oxygen atoms in total. The number of hydrogen-bond acceptors (Lipinski definition) is 4. The zero-order valence-electron chi connectivity index (χ0n) is 14.2. The number of carbonyl (C=O) groups is 1. The molecule has 0 saturated carbocycles. The molecular formula is C21H15ClN2O3. The predicted octanol–water partition coefficient (Wildman–Crippen LogP) is 5.17. The summed E-state index contributed by atoms with van der Waals surface area (Å²) in [6.07, 6.45) is 0. The topological polar surface area (TPSA) is 64.4 Å². The number of oxazole rings is 1. The van der Waals surface area contributed by atoms with E-state index in [2.05, 4.69) is 10.3 Å². The van der Waals surface area contributed by atoms with Crippen molar-refractivity contribution in [3.8, 4) is 17.2 Å². The number of carbonyl (C=O) groups excluding carboxylic acids is 1. The molecule has 0 aliphatic heterocycles. The molecule has 0 radical (unpaired) electrons. The number of anilines is 1. The van der Waals surface area contributed by atoms with Crippen LogP contribution in [0.25, 0.3) is 22.6 Å². The number of benzene rings is 3. The molecular weight excluding hydrogens is 364 g/mol. The van der Waals surface area contributed by atoms with Crippen molar-refractivity contribution in [1.82, 2.24) is 4.98 Å². The van der Waals surface area contributed by atoms with Crippen LogP contribution in [0, 0.1) is 0 Å². The summed E-state index contributed by atoms with van der Waals surface area (Å²) in [7, 11) is 0. The van der Waals surface area contributed by atoms with Gasteiger partial charge in [-0.25, -0.2) is 4.98 Å². The Balaban J connectivity index is 1.39. The van der Waals surface area contributed by atoms with Crippen molar-refractivity contribution in [3.63, 3.8) is 0 Å². The summed E-state index contributed by atoms with van der Waals surface area (Å²) in [5, 5.41) is 3.34. The van der Waals surface area contributed by atoms with Crippen molar-refractivity contribution >= 4 is 34.3 Å². The molecule has 1 amide bonds. The number of halogens is 1. The number of rotatable bonds is 5. The second-order valence-corrected chi connectivity index (χ2v) is 6.29. The normalized spacial score (nSPS) is 10.7. The average Bonchev–Trinajstić information content (AvgIpc) is 3.11. The van der Waals surface area contributed by atoms with Crippen LogP contribution < -0.4 is 10.1 Å². The largest absolute Gasteiger partial charge is 0.484 e. The number of aromatic nitrogens is 1. The zero-order valence-corrected chi connectivity index (χ0v) is 14.9.